The molecule has 5 nitrogen and oxygen atoms in total. The van der Waals surface area contributed by atoms with E-state index in [0.717, 1.165) is 18.5 Å². The minimum Gasteiger partial charge on any atom is -0.390 e. The van der Waals surface area contributed by atoms with Gasteiger partial charge in [0, 0.05) is 25.0 Å². The van der Waals surface area contributed by atoms with Gasteiger partial charge in [-0.1, -0.05) is 0 Å². The van der Waals surface area contributed by atoms with Crippen molar-refractivity contribution in [2.45, 2.75) is 37.9 Å². The van der Waals surface area contributed by atoms with Crippen molar-refractivity contribution in [2.75, 3.05) is 19.7 Å². The van der Waals surface area contributed by atoms with Crippen LogP contribution in [0.2, 0.25) is 0 Å². The lowest BCUT2D eigenvalue weighted by molar-refractivity contribution is -0.124. The summed E-state index contributed by atoms with van der Waals surface area (Å²) in [7, 11) is 0. The lowest BCUT2D eigenvalue weighted by Crippen LogP contribution is -2.57. The van der Waals surface area contributed by atoms with Crippen LogP contribution in [0.4, 0.5) is 0 Å². The standard InChI is InChI=1S/C15H20N2O3/c1-11-12(4-2-7-16-11)14(19)17-8-5-13(18)15(10-17)6-3-9-20-15/h2,4,7,13,18H,3,5-6,8-10H2,1H3/t13-,15-/m0/s1. The number of nitrogens with zero attached hydrogens (tertiary/aromatic N) is 2. The van der Waals surface area contributed by atoms with Crippen LogP contribution in [0.15, 0.2) is 18.3 Å². The average molecular weight is 276 g/mol. The van der Waals surface area contributed by atoms with Crippen LogP contribution >= 0.6 is 0 Å². The molecule has 20 heavy (non-hydrogen) atoms. The van der Waals surface area contributed by atoms with Crippen LogP contribution in [0.3, 0.4) is 0 Å². The lowest BCUT2D eigenvalue weighted by atomic mass is 9.86. The summed E-state index contributed by atoms with van der Waals surface area (Å²) in [6, 6.07) is 3.58. The van der Waals surface area contributed by atoms with E-state index in [4.69, 9.17) is 4.74 Å². The Morgan fingerprint density at radius 1 is 1.60 bits per heavy atom. The average Bonchev–Trinajstić information content (AvgIpc) is 2.91. The van der Waals surface area contributed by atoms with Crippen LogP contribution < -0.4 is 0 Å². The number of aliphatic hydroxyl groups is 1. The molecule has 2 atom stereocenters. The van der Waals surface area contributed by atoms with Gasteiger partial charge in [-0.25, -0.2) is 0 Å². The molecule has 1 amide bonds. The Kier molecular flexibility index (Phi) is 3.48. The number of hydrogen-bond donors (Lipinski definition) is 1. The SMILES string of the molecule is Cc1ncccc1C(=O)N1CC[C@H](O)[C@]2(CCCO2)C1. The third kappa shape index (κ3) is 2.21. The molecule has 5 heteroatoms. The van der Waals surface area contributed by atoms with Crippen molar-refractivity contribution in [3.05, 3.63) is 29.6 Å². The maximum Gasteiger partial charge on any atom is 0.255 e. The first-order chi connectivity index (χ1) is 9.62. The van der Waals surface area contributed by atoms with Crippen molar-refractivity contribution in [1.29, 1.82) is 0 Å². The van der Waals surface area contributed by atoms with E-state index >= 15 is 0 Å². The third-order valence-electron chi connectivity index (χ3n) is 4.40. The summed E-state index contributed by atoms with van der Waals surface area (Å²) < 4.78 is 5.78. The van der Waals surface area contributed by atoms with Crippen LogP contribution in [-0.2, 0) is 4.74 Å². The van der Waals surface area contributed by atoms with E-state index in [1.807, 2.05) is 6.92 Å². The molecule has 0 bridgehead atoms. The highest BCUT2D eigenvalue weighted by atomic mass is 16.5. The van der Waals surface area contributed by atoms with Gasteiger partial charge < -0.3 is 14.7 Å². The van der Waals surface area contributed by atoms with Crippen LogP contribution in [0.1, 0.15) is 35.3 Å². The number of piperidine rings is 1. The van der Waals surface area contributed by atoms with E-state index in [2.05, 4.69) is 4.98 Å². The number of carbonyl (C=O) groups excluding carboxylic acids is 1. The van der Waals surface area contributed by atoms with Crippen LogP contribution in [-0.4, -0.2) is 52.3 Å². The highest BCUT2D eigenvalue weighted by Crippen LogP contribution is 2.35. The first-order valence-electron chi connectivity index (χ1n) is 7.15. The Hall–Kier alpha value is -1.46. The fourth-order valence-corrected chi connectivity index (χ4v) is 3.21. The molecule has 2 aliphatic rings. The first-order valence-corrected chi connectivity index (χ1v) is 7.15. The first kappa shape index (κ1) is 13.5. The molecule has 0 aromatic carbocycles. The van der Waals surface area contributed by atoms with Crippen molar-refractivity contribution in [3.8, 4) is 0 Å². The molecule has 1 aromatic rings. The van der Waals surface area contributed by atoms with Crippen molar-refractivity contribution in [2.24, 2.45) is 0 Å². The molecule has 2 aliphatic heterocycles. The molecule has 1 spiro atoms. The Labute approximate surface area is 118 Å². The van der Waals surface area contributed by atoms with E-state index in [0.29, 0.717) is 31.7 Å². The lowest BCUT2D eigenvalue weighted by Gasteiger charge is -2.43. The van der Waals surface area contributed by atoms with Gasteiger partial charge in [-0.15, -0.1) is 0 Å². The van der Waals surface area contributed by atoms with E-state index in [1.165, 1.54) is 0 Å². The Bertz CT molecular complexity index is 512. The van der Waals surface area contributed by atoms with Gasteiger partial charge in [-0.05, 0) is 38.3 Å². The topological polar surface area (TPSA) is 62.7 Å². The molecule has 0 unspecified atom stereocenters. The molecule has 3 heterocycles. The zero-order valence-electron chi connectivity index (χ0n) is 11.7. The molecule has 3 rings (SSSR count). The third-order valence-corrected chi connectivity index (χ3v) is 4.40. The smallest absolute Gasteiger partial charge is 0.255 e. The molecule has 0 saturated carbocycles. The molecule has 1 N–H and O–H groups in total. The minimum atomic E-state index is -0.552. The second-order valence-electron chi connectivity index (χ2n) is 5.68. The summed E-state index contributed by atoms with van der Waals surface area (Å²) in [4.78, 5) is 18.6. The number of ether oxygens (including phenoxy) is 1. The summed E-state index contributed by atoms with van der Waals surface area (Å²) in [5, 5.41) is 10.2. The normalized spacial score (nSPS) is 29.9. The van der Waals surface area contributed by atoms with Crippen LogP contribution in [0, 0.1) is 6.92 Å². The maximum absolute atomic E-state index is 12.6. The van der Waals surface area contributed by atoms with E-state index in [-0.39, 0.29) is 5.91 Å². The highest BCUT2D eigenvalue weighted by molar-refractivity contribution is 5.95. The number of aryl methyl sites for hydroxylation is 1. The Morgan fingerprint density at radius 2 is 2.45 bits per heavy atom. The number of likely N-dealkylation sites (tertiary alicyclic amines) is 1. The van der Waals surface area contributed by atoms with Gasteiger partial charge in [0.05, 0.1) is 18.2 Å². The fraction of sp³-hybridized carbons (Fsp3) is 0.600. The maximum atomic E-state index is 12.6. The van der Waals surface area contributed by atoms with E-state index in [1.54, 1.807) is 23.2 Å². The number of pyridine rings is 1. The summed E-state index contributed by atoms with van der Waals surface area (Å²) in [5.74, 6) is -0.0163. The zero-order chi connectivity index (χ0) is 14.2. The van der Waals surface area contributed by atoms with Gasteiger partial charge in [0.2, 0.25) is 0 Å². The summed E-state index contributed by atoms with van der Waals surface area (Å²) >= 11 is 0. The van der Waals surface area contributed by atoms with Gasteiger partial charge in [0.1, 0.15) is 5.60 Å². The predicted octanol–water partition coefficient (Wildman–Crippen LogP) is 1.15. The highest BCUT2D eigenvalue weighted by Gasteiger charge is 2.47. The molecular weight excluding hydrogens is 256 g/mol. The second kappa shape index (κ2) is 5.14. The van der Waals surface area contributed by atoms with E-state index < -0.39 is 11.7 Å². The molecule has 0 aliphatic carbocycles. The van der Waals surface area contributed by atoms with E-state index in [9.17, 15) is 9.90 Å². The summed E-state index contributed by atoms with van der Waals surface area (Å²) in [6.45, 7) is 3.56. The molecule has 108 valence electrons. The molecule has 2 fully saturated rings. The second-order valence-corrected chi connectivity index (χ2v) is 5.68. The number of aromatic nitrogens is 1. The molecular formula is C15H20N2O3. The monoisotopic (exact) mass is 276 g/mol. The fourth-order valence-electron chi connectivity index (χ4n) is 3.21. The summed E-state index contributed by atoms with van der Waals surface area (Å²) in [6.07, 6.45) is 3.57. The van der Waals surface area contributed by atoms with Gasteiger partial charge in [0.15, 0.2) is 0 Å². The minimum absolute atomic E-state index is 0.0163. The van der Waals surface area contributed by atoms with Gasteiger partial charge >= 0.3 is 0 Å². The predicted molar refractivity (Wildman–Crippen MR) is 73.4 cm³/mol. The molecule has 2 saturated heterocycles. The number of rotatable bonds is 1. The van der Waals surface area contributed by atoms with Gasteiger partial charge in [0.25, 0.3) is 5.91 Å². The van der Waals surface area contributed by atoms with Crippen LogP contribution in [0.25, 0.3) is 0 Å². The Balaban J connectivity index is 1.81. The van der Waals surface area contributed by atoms with Crippen molar-refractivity contribution < 1.29 is 14.6 Å². The number of carbonyl (C=O) groups is 1. The molecule has 0 radical (unpaired) electrons. The number of hydrogen-bond acceptors (Lipinski definition) is 4. The number of aliphatic hydroxyl groups excluding tert-OH is 1. The van der Waals surface area contributed by atoms with Crippen molar-refractivity contribution in [3.63, 3.8) is 0 Å². The summed E-state index contributed by atoms with van der Waals surface area (Å²) in [5.41, 5.74) is 0.825. The largest absolute Gasteiger partial charge is 0.390 e. The van der Waals surface area contributed by atoms with Gasteiger partial charge in [-0.2, -0.15) is 0 Å². The molecule has 1 aromatic heterocycles. The van der Waals surface area contributed by atoms with Crippen molar-refractivity contribution in [1.82, 2.24) is 9.88 Å². The zero-order valence-corrected chi connectivity index (χ0v) is 11.7. The quantitative estimate of drug-likeness (QED) is 0.835. The van der Waals surface area contributed by atoms with Crippen LogP contribution in [0.5, 0.6) is 0 Å². The van der Waals surface area contributed by atoms with Gasteiger partial charge in [-0.3, -0.25) is 9.78 Å². The Morgan fingerprint density at radius 3 is 3.15 bits per heavy atom. The van der Waals surface area contributed by atoms with Crippen molar-refractivity contribution >= 4 is 5.91 Å². The number of amides is 1.